The van der Waals surface area contributed by atoms with Crippen LogP contribution >= 0.6 is 27.5 Å². The summed E-state index contributed by atoms with van der Waals surface area (Å²) in [5, 5.41) is 4.26. The van der Waals surface area contributed by atoms with Gasteiger partial charge in [0.1, 0.15) is 5.82 Å². The largest absolute Gasteiger partial charge is 0.350 e. The van der Waals surface area contributed by atoms with E-state index in [-0.39, 0.29) is 0 Å². The molecule has 0 aliphatic carbocycles. The molecule has 2 unspecified atom stereocenters. The van der Waals surface area contributed by atoms with Crippen LogP contribution in [0.5, 0.6) is 0 Å². The van der Waals surface area contributed by atoms with Crippen LogP contribution in [-0.2, 0) is 0 Å². The summed E-state index contributed by atoms with van der Waals surface area (Å²) < 4.78 is 0.977. The molecule has 0 saturated carbocycles. The molecule has 100 valence electrons. The van der Waals surface area contributed by atoms with Crippen LogP contribution in [-0.4, -0.2) is 30.2 Å². The second-order valence-corrected chi connectivity index (χ2v) is 5.98. The molecule has 18 heavy (non-hydrogen) atoms. The van der Waals surface area contributed by atoms with E-state index in [9.17, 15) is 0 Å². The van der Waals surface area contributed by atoms with Gasteiger partial charge < -0.3 is 10.2 Å². The average Bonchev–Trinajstić information content (AvgIpc) is 2.38. The van der Waals surface area contributed by atoms with E-state index in [1.807, 2.05) is 6.07 Å². The predicted molar refractivity (Wildman–Crippen MR) is 80.5 cm³/mol. The first kappa shape index (κ1) is 14.1. The van der Waals surface area contributed by atoms with Gasteiger partial charge in [-0.2, -0.15) is 0 Å². The van der Waals surface area contributed by atoms with E-state index in [0.717, 1.165) is 36.2 Å². The van der Waals surface area contributed by atoms with Crippen molar-refractivity contribution >= 4 is 33.3 Å². The maximum absolute atomic E-state index is 5.96. The van der Waals surface area contributed by atoms with E-state index < -0.39 is 0 Å². The monoisotopic (exact) mass is 331 g/mol. The first-order valence-corrected chi connectivity index (χ1v) is 7.63. The Morgan fingerprint density at radius 3 is 2.89 bits per heavy atom. The highest BCUT2D eigenvalue weighted by Gasteiger charge is 2.27. The van der Waals surface area contributed by atoms with Crippen molar-refractivity contribution in [2.45, 2.75) is 38.8 Å². The van der Waals surface area contributed by atoms with Crippen molar-refractivity contribution in [2.24, 2.45) is 0 Å². The molecular formula is C13H19BrClN3. The minimum absolute atomic E-state index is 0.498. The third kappa shape index (κ3) is 2.98. The average molecular weight is 333 g/mol. The standard InChI is InChI=1S/C13H19BrClN3/c1-3-10-8-18(11(4-2)7-16-10)13-12(14)5-9(15)6-17-13/h5-6,10-11,16H,3-4,7-8H2,1-2H3. The molecule has 1 aromatic heterocycles. The third-order valence-electron chi connectivity index (χ3n) is 3.52. The summed E-state index contributed by atoms with van der Waals surface area (Å²) in [4.78, 5) is 6.88. The van der Waals surface area contributed by atoms with Crippen LogP contribution in [0, 0.1) is 0 Å². The van der Waals surface area contributed by atoms with Gasteiger partial charge in [-0.05, 0) is 34.8 Å². The van der Waals surface area contributed by atoms with Gasteiger partial charge in [0.25, 0.3) is 0 Å². The fraction of sp³-hybridized carbons (Fsp3) is 0.615. The van der Waals surface area contributed by atoms with Crippen LogP contribution in [0.25, 0.3) is 0 Å². The van der Waals surface area contributed by atoms with Crippen molar-refractivity contribution in [1.82, 2.24) is 10.3 Å². The quantitative estimate of drug-likeness (QED) is 0.918. The van der Waals surface area contributed by atoms with Gasteiger partial charge in [0.2, 0.25) is 0 Å². The zero-order valence-corrected chi connectivity index (χ0v) is 13.1. The summed E-state index contributed by atoms with van der Waals surface area (Å²) in [7, 11) is 0. The molecule has 1 aliphatic heterocycles. The summed E-state index contributed by atoms with van der Waals surface area (Å²) in [5.74, 6) is 1.01. The molecule has 0 bridgehead atoms. The summed E-state index contributed by atoms with van der Waals surface area (Å²) in [6.07, 6.45) is 3.97. The number of piperazine rings is 1. The third-order valence-corrected chi connectivity index (χ3v) is 4.31. The Bertz CT molecular complexity index is 413. The number of aromatic nitrogens is 1. The van der Waals surface area contributed by atoms with E-state index in [4.69, 9.17) is 11.6 Å². The number of anilines is 1. The predicted octanol–water partition coefficient (Wildman–Crippen LogP) is 3.46. The lowest BCUT2D eigenvalue weighted by Gasteiger charge is -2.41. The summed E-state index contributed by atoms with van der Waals surface area (Å²) in [5.41, 5.74) is 0. The molecule has 2 heterocycles. The smallest absolute Gasteiger partial charge is 0.143 e. The molecule has 1 N–H and O–H groups in total. The lowest BCUT2D eigenvalue weighted by Crippen LogP contribution is -2.56. The highest BCUT2D eigenvalue weighted by atomic mass is 79.9. The minimum Gasteiger partial charge on any atom is -0.350 e. The Kier molecular flexibility index (Phi) is 4.87. The van der Waals surface area contributed by atoms with Crippen LogP contribution in [0.4, 0.5) is 5.82 Å². The van der Waals surface area contributed by atoms with Gasteiger partial charge in [-0.3, -0.25) is 0 Å². The Hall–Kier alpha value is -0.320. The second kappa shape index (κ2) is 6.22. The molecule has 0 radical (unpaired) electrons. The Morgan fingerprint density at radius 1 is 1.50 bits per heavy atom. The first-order chi connectivity index (χ1) is 8.65. The number of nitrogens with zero attached hydrogens (tertiary/aromatic N) is 2. The minimum atomic E-state index is 0.498. The van der Waals surface area contributed by atoms with E-state index in [1.165, 1.54) is 0 Å². The van der Waals surface area contributed by atoms with Crippen molar-refractivity contribution in [1.29, 1.82) is 0 Å². The molecule has 1 saturated heterocycles. The summed E-state index contributed by atoms with van der Waals surface area (Å²) in [6, 6.07) is 2.95. The van der Waals surface area contributed by atoms with E-state index in [0.29, 0.717) is 17.1 Å². The Labute approximate surface area is 122 Å². The van der Waals surface area contributed by atoms with Gasteiger partial charge in [-0.15, -0.1) is 0 Å². The highest BCUT2D eigenvalue weighted by molar-refractivity contribution is 9.10. The Morgan fingerprint density at radius 2 is 2.28 bits per heavy atom. The lowest BCUT2D eigenvalue weighted by atomic mass is 10.1. The first-order valence-electron chi connectivity index (χ1n) is 6.46. The van der Waals surface area contributed by atoms with Crippen molar-refractivity contribution in [3.05, 3.63) is 21.8 Å². The van der Waals surface area contributed by atoms with Gasteiger partial charge >= 0.3 is 0 Å². The molecule has 3 nitrogen and oxygen atoms in total. The molecule has 1 aromatic rings. The number of halogens is 2. The van der Waals surface area contributed by atoms with Crippen molar-refractivity contribution in [3.8, 4) is 0 Å². The molecule has 0 aromatic carbocycles. The molecule has 2 atom stereocenters. The lowest BCUT2D eigenvalue weighted by molar-refractivity contribution is 0.376. The molecular weight excluding hydrogens is 314 g/mol. The molecule has 5 heteroatoms. The molecule has 2 rings (SSSR count). The maximum atomic E-state index is 5.96. The van der Waals surface area contributed by atoms with Crippen LogP contribution in [0.3, 0.4) is 0 Å². The van der Waals surface area contributed by atoms with Crippen molar-refractivity contribution < 1.29 is 0 Å². The van der Waals surface area contributed by atoms with E-state index in [2.05, 4.69) is 45.0 Å². The maximum Gasteiger partial charge on any atom is 0.143 e. The topological polar surface area (TPSA) is 28.2 Å². The molecule has 0 spiro atoms. The Balaban J connectivity index is 2.26. The normalized spacial score (nSPS) is 24.3. The van der Waals surface area contributed by atoms with Crippen molar-refractivity contribution in [2.75, 3.05) is 18.0 Å². The van der Waals surface area contributed by atoms with E-state index in [1.54, 1.807) is 6.20 Å². The second-order valence-electron chi connectivity index (χ2n) is 4.69. The molecule has 0 amide bonds. The molecule has 1 aliphatic rings. The van der Waals surface area contributed by atoms with Gasteiger partial charge in [0, 0.05) is 31.4 Å². The SMILES string of the molecule is CCC1CN(c2ncc(Cl)cc2Br)C(CC)CN1. The molecule has 1 fully saturated rings. The van der Waals surface area contributed by atoms with Gasteiger partial charge in [-0.25, -0.2) is 4.98 Å². The summed E-state index contributed by atoms with van der Waals surface area (Å²) in [6.45, 7) is 6.45. The van der Waals surface area contributed by atoms with Crippen LogP contribution in [0.2, 0.25) is 5.02 Å². The number of nitrogens with one attached hydrogen (secondary N) is 1. The van der Waals surface area contributed by atoms with Gasteiger partial charge in [0.15, 0.2) is 0 Å². The fourth-order valence-electron chi connectivity index (χ4n) is 2.38. The highest BCUT2D eigenvalue weighted by Crippen LogP contribution is 2.29. The van der Waals surface area contributed by atoms with Gasteiger partial charge in [0.05, 0.1) is 9.50 Å². The zero-order chi connectivity index (χ0) is 13.1. The fourth-order valence-corrected chi connectivity index (χ4v) is 3.25. The zero-order valence-electron chi connectivity index (χ0n) is 10.8. The number of hydrogen-bond acceptors (Lipinski definition) is 3. The van der Waals surface area contributed by atoms with Crippen LogP contribution < -0.4 is 10.2 Å². The van der Waals surface area contributed by atoms with Gasteiger partial charge in [-0.1, -0.05) is 25.4 Å². The van der Waals surface area contributed by atoms with E-state index >= 15 is 0 Å². The summed E-state index contributed by atoms with van der Waals surface area (Å²) >= 11 is 9.53. The van der Waals surface area contributed by atoms with Crippen LogP contribution in [0.1, 0.15) is 26.7 Å². The number of hydrogen-bond donors (Lipinski definition) is 1. The van der Waals surface area contributed by atoms with Crippen LogP contribution in [0.15, 0.2) is 16.7 Å². The number of pyridine rings is 1. The van der Waals surface area contributed by atoms with Crippen molar-refractivity contribution in [3.63, 3.8) is 0 Å². The number of rotatable bonds is 3.